The van der Waals surface area contributed by atoms with E-state index in [1.807, 2.05) is 6.07 Å². The number of carboxylic acid groups (broad SMARTS) is 1. The van der Waals surface area contributed by atoms with Gasteiger partial charge in [0.2, 0.25) is 0 Å². The molecule has 4 nitrogen and oxygen atoms in total. The molecule has 0 saturated carbocycles. The Morgan fingerprint density at radius 3 is 2.58 bits per heavy atom. The molecule has 1 atom stereocenters. The molecule has 0 amide bonds. The third-order valence-electron chi connectivity index (χ3n) is 2.92. The van der Waals surface area contributed by atoms with Crippen molar-refractivity contribution >= 4 is 5.97 Å². The average Bonchev–Trinajstić information content (AvgIpc) is 2.27. The van der Waals surface area contributed by atoms with E-state index in [1.54, 1.807) is 25.1 Å². The summed E-state index contributed by atoms with van der Waals surface area (Å²) in [5, 5.41) is 22.4. The second-order valence-electron chi connectivity index (χ2n) is 5.66. The molecule has 0 fully saturated rings. The summed E-state index contributed by atoms with van der Waals surface area (Å²) in [6, 6.07) is 6.90. The largest absolute Gasteiger partial charge is 0.478 e. The Bertz CT molecular complexity index is 427. The van der Waals surface area contributed by atoms with Gasteiger partial charge in [-0.1, -0.05) is 32.0 Å². The molecule has 0 aromatic heterocycles. The van der Waals surface area contributed by atoms with Crippen LogP contribution in [0.15, 0.2) is 24.3 Å². The molecular weight excluding hydrogens is 242 g/mol. The SMILES string of the molecule is CC(C)CC(C)(O)CNCc1ccccc1C(=O)O. The molecule has 0 bridgehead atoms. The molecule has 0 spiro atoms. The average molecular weight is 265 g/mol. The van der Waals surface area contributed by atoms with Crippen LogP contribution in [0, 0.1) is 5.92 Å². The summed E-state index contributed by atoms with van der Waals surface area (Å²) in [5.41, 5.74) is 0.264. The van der Waals surface area contributed by atoms with Crippen LogP contribution in [0.4, 0.5) is 0 Å². The Morgan fingerprint density at radius 1 is 1.37 bits per heavy atom. The van der Waals surface area contributed by atoms with E-state index in [2.05, 4.69) is 19.2 Å². The quantitative estimate of drug-likeness (QED) is 0.707. The van der Waals surface area contributed by atoms with Gasteiger partial charge in [0.15, 0.2) is 0 Å². The van der Waals surface area contributed by atoms with Crippen LogP contribution in [0.1, 0.15) is 43.1 Å². The number of hydrogen-bond donors (Lipinski definition) is 3. The molecule has 0 radical (unpaired) electrons. The van der Waals surface area contributed by atoms with Crippen molar-refractivity contribution in [3.8, 4) is 0 Å². The topological polar surface area (TPSA) is 69.6 Å². The van der Waals surface area contributed by atoms with Gasteiger partial charge in [-0.15, -0.1) is 0 Å². The second-order valence-corrected chi connectivity index (χ2v) is 5.66. The zero-order valence-corrected chi connectivity index (χ0v) is 11.8. The van der Waals surface area contributed by atoms with E-state index in [-0.39, 0.29) is 0 Å². The number of aliphatic hydroxyl groups is 1. The molecule has 3 N–H and O–H groups in total. The minimum Gasteiger partial charge on any atom is -0.478 e. The van der Waals surface area contributed by atoms with Crippen LogP contribution in [0.3, 0.4) is 0 Å². The highest BCUT2D eigenvalue weighted by atomic mass is 16.4. The minimum atomic E-state index is -0.925. The molecule has 19 heavy (non-hydrogen) atoms. The molecule has 106 valence electrons. The van der Waals surface area contributed by atoms with Crippen molar-refractivity contribution in [1.82, 2.24) is 5.32 Å². The van der Waals surface area contributed by atoms with Gasteiger partial charge in [-0.3, -0.25) is 0 Å². The van der Waals surface area contributed by atoms with E-state index in [4.69, 9.17) is 5.11 Å². The van der Waals surface area contributed by atoms with Crippen molar-refractivity contribution in [3.05, 3.63) is 35.4 Å². The van der Waals surface area contributed by atoms with E-state index >= 15 is 0 Å². The van der Waals surface area contributed by atoms with Crippen LogP contribution in [0.2, 0.25) is 0 Å². The molecule has 4 heteroatoms. The Labute approximate surface area is 114 Å². The smallest absolute Gasteiger partial charge is 0.336 e. The fourth-order valence-electron chi connectivity index (χ4n) is 2.30. The van der Waals surface area contributed by atoms with Crippen molar-refractivity contribution in [2.75, 3.05) is 6.54 Å². The highest BCUT2D eigenvalue weighted by Crippen LogP contribution is 2.15. The number of carbonyl (C=O) groups is 1. The lowest BCUT2D eigenvalue weighted by Gasteiger charge is -2.25. The number of rotatable bonds is 7. The molecule has 0 aliphatic carbocycles. The van der Waals surface area contributed by atoms with Gasteiger partial charge in [0.1, 0.15) is 0 Å². The van der Waals surface area contributed by atoms with Gasteiger partial charge < -0.3 is 15.5 Å². The van der Waals surface area contributed by atoms with Crippen molar-refractivity contribution in [3.63, 3.8) is 0 Å². The van der Waals surface area contributed by atoms with Crippen LogP contribution >= 0.6 is 0 Å². The van der Waals surface area contributed by atoms with Crippen LogP contribution < -0.4 is 5.32 Å². The summed E-state index contributed by atoms with van der Waals surface area (Å²) in [6.07, 6.45) is 0.709. The van der Waals surface area contributed by atoms with Gasteiger partial charge in [-0.2, -0.15) is 0 Å². The normalized spacial score (nSPS) is 14.4. The lowest BCUT2D eigenvalue weighted by atomic mass is 9.94. The zero-order chi connectivity index (χ0) is 14.5. The maximum absolute atomic E-state index is 11.1. The summed E-state index contributed by atoms with van der Waals surface area (Å²) in [5.74, 6) is -0.505. The Balaban J connectivity index is 2.56. The first-order valence-corrected chi connectivity index (χ1v) is 6.56. The highest BCUT2D eigenvalue weighted by Gasteiger charge is 2.21. The summed E-state index contributed by atoms with van der Waals surface area (Å²) in [7, 11) is 0. The third kappa shape index (κ3) is 5.41. The first-order chi connectivity index (χ1) is 8.82. The molecule has 0 aliphatic heterocycles. The first kappa shape index (κ1) is 15.7. The summed E-state index contributed by atoms with van der Waals surface area (Å²) >= 11 is 0. The molecular formula is C15H23NO3. The molecule has 0 heterocycles. The monoisotopic (exact) mass is 265 g/mol. The predicted octanol–water partition coefficient (Wildman–Crippen LogP) is 2.27. The Morgan fingerprint density at radius 2 is 2.00 bits per heavy atom. The molecule has 1 aromatic rings. The molecule has 1 aromatic carbocycles. The number of nitrogens with one attached hydrogen (secondary N) is 1. The predicted molar refractivity (Wildman–Crippen MR) is 75.2 cm³/mol. The van der Waals surface area contributed by atoms with E-state index in [0.29, 0.717) is 31.0 Å². The highest BCUT2D eigenvalue weighted by molar-refractivity contribution is 5.89. The fourth-order valence-corrected chi connectivity index (χ4v) is 2.30. The van der Waals surface area contributed by atoms with E-state index in [1.165, 1.54) is 0 Å². The third-order valence-corrected chi connectivity index (χ3v) is 2.92. The maximum Gasteiger partial charge on any atom is 0.336 e. The van der Waals surface area contributed by atoms with Gasteiger partial charge in [-0.25, -0.2) is 4.79 Å². The summed E-state index contributed by atoms with van der Waals surface area (Å²) in [4.78, 5) is 11.1. The van der Waals surface area contributed by atoms with Crippen LogP contribution in [0.25, 0.3) is 0 Å². The number of aromatic carboxylic acids is 1. The zero-order valence-electron chi connectivity index (χ0n) is 11.8. The van der Waals surface area contributed by atoms with Crippen molar-refractivity contribution in [2.45, 2.75) is 39.3 Å². The Kier molecular flexibility index (Phi) is 5.51. The van der Waals surface area contributed by atoms with Crippen molar-refractivity contribution < 1.29 is 15.0 Å². The van der Waals surface area contributed by atoms with Crippen molar-refractivity contribution in [2.24, 2.45) is 5.92 Å². The summed E-state index contributed by atoms with van der Waals surface area (Å²) < 4.78 is 0. The van der Waals surface area contributed by atoms with E-state index in [9.17, 15) is 9.90 Å². The van der Waals surface area contributed by atoms with Gasteiger partial charge in [0.25, 0.3) is 0 Å². The molecule has 1 unspecified atom stereocenters. The molecule has 0 aliphatic rings. The standard InChI is InChI=1S/C15H23NO3/c1-11(2)8-15(3,19)10-16-9-12-6-4-5-7-13(12)14(17)18/h4-7,11,16,19H,8-10H2,1-3H3,(H,17,18). The lowest BCUT2D eigenvalue weighted by Crippen LogP contribution is -2.38. The number of hydrogen-bond acceptors (Lipinski definition) is 3. The van der Waals surface area contributed by atoms with Crippen molar-refractivity contribution in [1.29, 1.82) is 0 Å². The van der Waals surface area contributed by atoms with E-state index in [0.717, 1.165) is 5.56 Å². The van der Waals surface area contributed by atoms with Gasteiger partial charge in [0.05, 0.1) is 11.2 Å². The molecule has 1 rings (SSSR count). The van der Waals surface area contributed by atoms with Crippen LogP contribution in [-0.2, 0) is 6.54 Å². The van der Waals surface area contributed by atoms with E-state index < -0.39 is 11.6 Å². The van der Waals surface area contributed by atoms with Gasteiger partial charge >= 0.3 is 5.97 Å². The second kappa shape index (κ2) is 6.68. The van der Waals surface area contributed by atoms with Gasteiger partial charge in [0, 0.05) is 13.1 Å². The minimum absolute atomic E-state index is 0.304. The first-order valence-electron chi connectivity index (χ1n) is 6.56. The number of benzene rings is 1. The fraction of sp³-hybridized carbons (Fsp3) is 0.533. The van der Waals surface area contributed by atoms with Crippen LogP contribution in [0.5, 0.6) is 0 Å². The van der Waals surface area contributed by atoms with Crippen LogP contribution in [-0.4, -0.2) is 28.3 Å². The number of carboxylic acids is 1. The lowest BCUT2D eigenvalue weighted by molar-refractivity contribution is 0.0383. The molecule has 0 saturated heterocycles. The summed E-state index contributed by atoms with van der Waals surface area (Å²) in [6.45, 7) is 6.81. The van der Waals surface area contributed by atoms with Gasteiger partial charge in [-0.05, 0) is 30.9 Å². The Hall–Kier alpha value is -1.39. The maximum atomic E-state index is 11.1.